The van der Waals surface area contributed by atoms with Crippen LogP contribution >= 0.6 is 0 Å². The SMILES string of the molecule is CCn1cc(N2Cc3nc(N4CCC(C)CC4)ncc3C2=O)cn1. The van der Waals surface area contributed by atoms with Crippen molar-refractivity contribution in [1.82, 2.24) is 19.7 Å². The Balaban J connectivity index is 1.57. The summed E-state index contributed by atoms with van der Waals surface area (Å²) in [5, 5.41) is 4.25. The van der Waals surface area contributed by atoms with Gasteiger partial charge in [-0.2, -0.15) is 5.10 Å². The predicted octanol–water partition coefficient (Wildman–Crippen LogP) is 2.09. The number of amides is 1. The van der Waals surface area contributed by atoms with E-state index in [1.54, 1.807) is 17.3 Å². The van der Waals surface area contributed by atoms with Gasteiger partial charge < -0.3 is 4.90 Å². The number of anilines is 2. The van der Waals surface area contributed by atoms with E-state index in [2.05, 4.69) is 26.9 Å². The predicted molar refractivity (Wildman–Crippen MR) is 91.1 cm³/mol. The van der Waals surface area contributed by atoms with Crippen LogP contribution in [-0.4, -0.2) is 38.7 Å². The highest BCUT2D eigenvalue weighted by Gasteiger charge is 2.32. The number of piperidine rings is 1. The molecule has 0 aromatic carbocycles. The minimum Gasteiger partial charge on any atom is -0.341 e. The Morgan fingerprint density at radius 1 is 1.25 bits per heavy atom. The molecular weight excluding hydrogens is 304 g/mol. The van der Waals surface area contributed by atoms with Crippen LogP contribution in [0.1, 0.15) is 42.7 Å². The minimum atomic E-state index is -0.0422. The molecule has 7 heteroatoms. The summed E-state index contributed by atoms with van der Waals surface area (Å²) in [7, 11) is 0. The van der Waals surface area contributed by atoms with Crippen molar-refractivity contribution in [2.75, 3.05) is 22.9 Å². The summed E-state index contributed by atoms with van der Waals surface area (Å²) in [6, 6.07) is 0. The quantitative estimate of drug-likeness (QED) is 0.864. The first-order valence-electron chi connectivity index (χ1n) is 8.61. The molecule has 0 unspecified atom stereocenters. The first kappa shape index (κ1) is 15.1. The second kappa shape index (κ2) is 5.89. The Hall–Kier alpha value is -2.44. The Morgan fingerprint density at radius 3 is 2.75 bits per heavy atom. The molecule has 0 aliphatic carbocycles. The maximum atomic E-state index is 12.6. The van der Waals surface area contributed by atoms with E-state index in [1.165, 1.54) is 12.8 Å². The van der Waals surface area contributed by atoms with E-state index >= 15 is 0 Å². The van der Waals surface area contributed by atoms with Crippen LogP contribution in [0.4, 0.5) is 11.6 Å². The highest BCUT2D eigenvalue weighted by atomic mass is 16.2. The van der Waals surface area contributed by atoms with E-state index in [4.69, 9.17) is 0 Å². The standard InChI is InChI=1S/C17H22N6O/c1-3-22-10-13(8-19-22)23-11-15-14(16(23)24)9-18-17(20-15)21-6-4-12(2)5-7-21/h8-10,12H,3-7,11H2,1-2H3. The zero-order chi connectivity index (χ0) is 16.7. The van der Waals surface area contributed by atoms with Gasteiger partial charge in [-0.15, -0.1) is 0 Å². The largest absolute Gasteiger partial charge is 0.341 e. The molecule has 1 saturated heterocycles. The van der Waals surface area contributed by atoms with Gasteiger partial charge in [0.2, 0.25) is 5.95 Å². The minimum absolute atomic E-state index is 0.0422. The molecule has 126 valence electrons. The zero-order valence-corrected chi connectivity index (χ0v) is 14.1. The molecule has 24 heavy (non-hydrogen) atoms. The van der Waals surface area contributed by atoms with Crippen LogP contribution in [0.3, 0.4) is 0 Å². The van der Waals surface area contributed by atoms with Crippen molar-refractivity contribution < 1.29 is 4.79 Å². The van der Waals surface area contributed by atoms with Crippen molar-refractivity contribution >= 4 is 17.5 Å². The number of carbonyl (C=O) groups excluding carboxylic acids is 1. The molecule has 4 heterocycles. The van der Waals surface area contributed by atoms with Gasteiger partial charge in [-0.25, -0.2) is 9.97 Å². The van der Waals surface area contributed by atoms with Crippen LogP contribution < -0.4 is 9.80 Å². The molecule has 0 spiro atoms. The van der Waals surface area contributed by atoms with Gasteiger partial charge >= 0.3 is 0 Å². The third-order valence-corrected chi connectivity index (χ3v) is 4.96. The van der Waals surface area contributed by atoms with Crippen LogP contribution in [0.2, 0.25) is 0 Å². The molecular formula is C17H22N6O. The maximum absolute atomic E-state index is 12.6. The molecule has 1 fully saturated rings. The van der Waals surface area contributed by atoms with Gasteiger partial charge in [-0.05, 0) is 25.7 Å². The third-order valence-electron chi connectivity index (χ3n) is 4.96. The highest BCUT2D eigenvalue weighted by Crippen LogP contribution is 2.28. The molecule has 1 amide bonds. The number of aryl methyl sites for hydroxylation is 1. The summed E-state index contributed by atoms with van der Waals surface area (Å²) in [6.07, 6.45) is 7.64. The highest BCUT2D eigenvalue weighted by molar-refractivity contribution is 6.09. The molecule has 0 saturated carbocycles. The average molecular weight is 326 g/mol. The lowest BCUT2D eigenvalue weighted by atomic mass is 10.00. The number of carbonyl (C=O) groups is 1. The third kappa shape index (κ3) is 2.53. The number of hydrogen-bond donors (Lipinski definition) is 0. The van der Waals surface area contributed by atoms with E-state index in [0.717, 1.165) is 42.9 Å². The maximum Gasteiger partial charge on any atom is 0.262 e. The van der Waals surface area contributed by atoms with Gasteiger partial charge in [0.15, 0.2) is 0 Å². The van der Waals surface area contributed by atoms with Crippen molar-refractivity contribution in [3.05, 3.63) is 29.8 Å². The van der Waals surface area contributed by atoms with Crippen LogP contribution in [0.25, 0.3) is 0 Å². The summed E-state index contributed by atoms with van der Waals surface area (Å²) in [5.41, 5.74) is 2.23. The lowest BCUT2D eigenvalue weighted by Crippen LogP contribution is -2.34. The average Bonchev–Trinajstić information content (AvgIpc) is 3.20. The van der Waals surface area contributed by atoms with Crippen molar-refractivity contribution in [3.8, 4) is 0 Å². The summed E-state index contributed by atoms with van der Waals surface area (Å²) in [6.45, 7) is 7.56. The van der Waals surface area contributed by atoms with Gasteiger partial charge in [0.1, 0.15) is 0 Å². The molecule has 2 aliphatic rings. The fraction of sp³-hybridized carbons (Fsp3) is 0.529. The lowest BCUT2D eigenvalue weighted by Gasteiger charge is -2.30. The first-order chi connectivity index (χ1) is 11.7. The molecule has 0 radical (unpaired) electrons. The Kier molecular flexibility index (Phi) is 3.70. The van der Waals surface area contributed by atoms with Crippen molar-refractivity contribution in [3.63, 3.8) is 0 Å². The number of aromatic nitrogens is 4. The van der Waals surface area contributed by atoms with Crippen molar-refractivity contribution in [1.29, 1.82) is 0 Å². The second-order valence-corrected chi connectivity index (χ2v) is 6.65. The molecule has 2 aliphatic heterocycles. The number of hydrogen-bond acceptors (Lipinski definition) is 5. The van der Waals surface area contributed by atoms with Crippen LogP contribution in [0, 0.1) is 5.92 Å². The Labute approximate surface area is 141 Å². The van der Waals surface area contributed by atoms with E-state index in [-0.39, 0.29) is 5.91 Å². The number of nitrogens with zero attached hydrogens (tertiary/aromatic N) is 6. The first-order valence-corrected chi connectivity index (χ1v) is 8.61. The van der Waals surface area contributed by atoms with Gasteiger partial charge in [0, 0.05) is 32.0 Å². The topological polar surface area (TPSA) is 67.2 Å². The summed E-state index contributed by atoms with van der Waals surface area (Å²) >= 11 is 0. The summed E-state index contributed by atoms with van der Waals surface area (Å²) in [5.74, 6) is 1.47. The van der Waals surface area contributed by atoms with Gasteiger partial charge in [-0.1, -0.05) is 6.92 Å². The second-order valence-electron chi connectivity index (χ2n) is 6.65. The molecule has 2 aromatic rings. The summed E-state index contributed by atoms with van der Waals surface area (Å²) in [4.78, 5) is 25.7. The van der Waals surface area contributed by atoms with Gasteiger partial charge in [0.25, 0.3) is 5.91 Å². The van der Waals surface area contributed by atoms with E-state index < -0.39 is 0 Å². The van der Waals surface area contributed by atoms with Crippen LogP contribution in [0.15, 0.2) is 18.6 Å². The van der Waals surface area contributed by atoms with Crippen LogP contribution in [-0.2, 0) is 13.1 Å². The normalized spacial score (nSPS) is 18.3. The van der Waals surface area contributed by atoms with Crippen molar-refractivity contribution in [2.45, 2.75) is 39.8 Å². The Bertz CT molecular complexity index is 762. The van der Waals surface area contributed by atoms with Crippen LogP contribution in [0.5, 0.6) is 0 Å². The Morgan fingerprint density at radius 2 is 2.04 bits per heavy atom. The molecule has 7 nitrogen and oxygen atoms in total. The van der Waals surface area contributed by atoms with E-state index in [9.17, 15) is 4.79 Å². The van der Waals surface area contributed by atoms with Gasteiger partial charge in [-0.3, -0.25) is 14.4 Å². The number of rotatable bonds is 3. The fourth-order valence-corrected chi connectivity index (χ4v) is 3.31. The monoisotopic (exact) mass is 326 g/mol. The van der Waals surface area contributed by atoms with Crippen molar-refractivity contribution in [2.24, 2.45) is 5.92 Å². The number of fused-ring (bicyclic) bond motifs is 1. The molecule has 2 aromatic heterocycles. The smallest absolute Gasteiger partial charge is 0.262 e. The lowest BCUT2D eigenvalue weighted by molar-refractivity contribution is 0.0996. The summed E-state index contributed by atoms with van der Waals surface area (Å²) < 4.78 is 1.82. The zero-order valence-electron chi connectivity index (χ0n) is 14.1. The molecule has 0 bridgehead atoms. The molecule has 4 rings (SSSR count). The molecule has 0 atom stereocenters. The fourth-order valence-electron chi connectivity index (χ4n) is 3.31. The molecule has 0 N–H and O–H groups in total. The van der Waals surface area contributed by atoms with E-state index in [0.29, 0.717) is 12.1 Å². The van der Waals surface area contributed by atoms with E-state index in [1.807, 2.05) is 17.8 Å². The van der Waals surface area contributed by atoms with Gasteiger partial charge in [0.05, 0.1) is 29.7 Å².